The summed E-state index contributed by atoms with van der Waals surface area (Å²) in [5.74, 6) is -1.20. The van der Waals surface area contributed by atoms with E-state index in [0.717, 1.165) is 12.0 Å². The molecule has 3 N–H and O–H groups in total. The van der Waals surface area contributed by atoms with Gasteiger partial charge < -0.3 is 15.3 Å². The molecule has 2 fully saturated rings. The van der Waals surface area contributed by atoms with E-state index in [4.69, 9.17) is 0 Å². The van der Waals surface area contributed by atoms with E-state index in [1.54, 1.807) is 0 Å². The molecule has 8 atom stereocenters. The van der Waals surface area contributed by atoms with E-state index in [2.05, 4.69) is 6.58 Å². The van der Waals surface area contributed by atoms with Gasteiger partial charge in [0.1, 0.15) is 12.2 Å². The minimum atomic E-state index is -1.40. The van der Waals surface area contributed by atoms with Crippen molar-refractivity contribution in [3.05, 3.63) is 23.3 Å². The molecule has 0 amide bonds. The van der Waals surface area contributed by atoms with E-state index in [9.17, 15) is 24.9 Å². The standard InChI is InChI=1S/C20H26O5/c1-8-5-6-19(4)12(10(8)3)15(22)14(21)11-13(19)16(23)18(25)20(17(11)24)7-9(20)2/h8-9,12,14-15,18,21-22,25H,3,5-7H2,1-2,4H3. The molecule has 0 aromatic carbocycles. The van der Waals surface area contributed by atoms with Crippen molar-refractivity contribution in [1.82, 2.24) is 0 Å². The van der Waals surface area contributed by atoms with Gasteiger partial charge in [0.05, 0.1) is 11.5 Å². The van der Waals surface area contributed by atoms with E-state index >= 15 is 0 Å². The highest BCUT2D eigenvalue weighted by Crippen LogP contribution is 2.64. The summed E-state index contributed by atoms with van der Waals surface area (Å²) in [7, 11) is 0. The van der Waals surface area contributed by atoms with E-state index in [0.29, 0.717) is 12.8 Å². The number of rotatable bonds is 0. The molecule has 5 heteroatoms. The maximum absolute atomic E-state index is 13.2. The van der Waals surface area contributed by atoms with E-state index in [1.807, 2.05) is 20.8 Å². The lowest BCUT2D eigenvalue weighted by atomic mass is 9.50. The van der Waals surface area contributed by atoms with Gasteiger partial charge in [-0.15, -0.1) is 0 Å². The average molecular weight is 346 g/mol. The van der Waals surface area contributed by atoms with Gasteiger partial charge in [-0.1, -0.05) is 32.9 Å². The highest BCUT2D eigenvalue weighted by molar-refractivity contribution is 6.19. The first kappa shape index (κ1) is 17.1. The van der Waals surface area contributed by atoms with E-state index < -0.39 is 40.8 Å². The minimum absolute atomic E-state index is 0.0493. The van der Waals surface area contributed by atoms with Crippen LogP contribution >= 0.6 is 0 Å². The fourth-order valence-electron chi connectivity index (χ4n) is 5.81. The molecule has 0 aromatic rings. The third-order valence-electron chi connectivity index (χ3n) is 7.63. The quantitative estimate of drug-likeness (QED) is 0.572. The molecule has 0 bridgehead atoms. The Morgan fingerprint density at radius 3 is 2.32 bits per heavy atom. The number of hydrogen-bond acceptors (Lipinski definition) is 5. The number of aliphatic hydroxyl groups is 3. The molecule has 0 aliphatic heterocycles. The zero-order chi connectivity index (χ0) is 18.5. The number of carbonyl (C=O) groups is 2. The Hall–Kier alpha value is -1.30. The SMILES string of the molecule is C=C1C(C)CCC2(C)C3=C(C(=O)C4(CC4C)C(O)C3=O)C(O)C(O)C12. The molecule has 0 heterocycles. The first-order valence-electron chi connectivity index (χ1n) is 9.15. The van der Waals surface area contributed by atoms with Crippen LogP contribution in [0.2, 0.25) is 0 Å². The van der Waals surface area contributed by atoms with Crippen molar-refractivity contribution in [2.75, 3.05) is 0 Å². The van der Waals surface area contributed by atoms with Crippen LogP contribution in [0.15, 0.2) is 23.3 Å². The molecule has 1 spiro atoms. The fourth-order valence-corrected chi connectivity index (χ4v) is 5.81. The Kier molecular flexibility index (Phi) is 3.36. The summed E-state index contributed by atoms with van der Waals surface area (Å²) < 4.78 is 0. The van der Waals surface area contributed by atoms with E-state index in [-0.39, 0.29) is 28.8 Å². The van der Waals surface area contributed by atoms with Gasteiger partial charge in [0.15, 0.2) is 11.6 Å². The molecular formula is C20H26O5. The molecule has 0 saturated heterocycles. The summed E-state index contributed by atoms with van der Waals surface area (Å²) >= 11 is 0. The highest BCUT2D eigenvalue weighted by atomic mass is 16.3. The molecular weight excluding hydrogens is 320 g/mol. The number of fused-ring (bicyclic) bond motifs is 2. The predicted molar refractivity (Wildman–Crippen MR) is 90.4 cm³/mol. The maximum atomic E-state index is 13.2. The molecule has 0 radical (unpaired) electrons. The van der Waals surface area contributed by atoms with Gasteiger partial charge in [0.2, 0.25) is 0 Å². The van der Waals surface area contributed by atoms with Crippen LogP contribution < -0.4 is 0 Å². The molecule has 4 aliphatic rings. The van der Waals surface area contributed by atoms with Crippen LogP contribution in [0.1, 0.15) is 40.0 Å². The fraction of sp³-hybridized carbons (Fsp3) is 0.700. The lowest BCUT2D eigenvalue weighted by Gasteiger charge is -2.54. The Labute approximate surface area is 147 Å². The number of carbonyl (C=O) groups excluding carboxylic acids is 2. The topological polar surface area (TPSA) is 94.8 Å². The molecule has 0 aromatic heterocycles. The van der Waals surface area contributed by atoms with Gasteiger partial charge in [-0.3, -0.25) is 9.59 Å². The van der Waals surface area contributed by atoms with Crippen molar-refractivity contribution >= 4 is 11.6 Å². The normalized spacial score (nSPS) is 52.3. The molecule has 8 unspecified atom stereocenters. The summed E-state index contributed by atoms with van der Waals surface area (Å²) in [6.45, 7) is 9.83. The van der Waals surface area contributed by atoms with Crippen molar-refractivity contribution in [2.24, 2.45) is 28.6 Å². The second kappa shape index (κ2) is 4.90. The Morgan fingerprint density at radius 2 is 1.76 bits per heavy atom. The second-order valence-corrected chi connectivity index (χ2v) is 8.88. The van der Waals surface area contributed by atoms with Crippen LogP contribution in [0.3, 0.4) is 0 Å². The van der Waals surface area contributed by atoms with Crippen molar-refractivity contribution in [3.8, 4) is 0 Å². The highest BCUT2D eigenvalue weighted by Gasteiger charge is 2.71. The zero-order valence-corrected chi connectivity index (χ0v) is 15.0. The summed E-state index contributed by atoms with van der Waals surface area (Å²) in [4.78, 5) is 26.3. The van der Waals surface area contributed by atoms with E-state index in [1.165, 1.54) is 0 Å². The Balaban J connectivity index is 1.94. The molecule has 2 saturated carbocycles. The average Bonchev–Trinajstić information content (AvgIpc) is 3.23. The second-order valence-electron chi connectivity index (χ2n) is 8.88. The van der Waals surface area contributed by atoms with Crippen LogP contribution in [0.4, 0.5) is 0 Å². The number of hydrogen-bond donors (Lipinski definition) is 3. The smallest absolute Gasteiger partial charge is 0.189 e. The van der Waals surface area contributed by atoms with Crippen molar-refractivity contribution in [1.29, 1.82) is 0 Å². The van der Waals surface area contributed by atoms with Gasteiger partial charge in [-0.25, -0.2) is 0 Å². The number of aliphatic hydroxyl groups excluding tert-OH is 3. The van der Waals surface area contributed by atoms with Crippen LogP contribution in [0.5, 0.6) is 0 Å². The summed E-state index contributed by atoms with van der Waals surface area (Å²) in [6.07, 6.45) is -2.04. The van der Waals surface area contributed by atoms with Crippen molar-refractivity contribution < 1.29 is 24.9 Å². The maximum Gasteiger partial charge on any atom is 0.189 e. The molecule has 5 nitrogen and oxygen atoms in total. The minimum Gasteiger partial charge on any atom is -0.389 e. The van der Waals surface area contributed by atoms with Gasteiger partial charge in [0, 0.05) is 22.5 Å². The van der Waals surface area contributed by atoms with Crippen LogP contribution in [-0.4, -0.2) is 45.2 Å². The van der Waals surface area contributed by atoms with Gasteiger partial charge in [-0.05, 0) is 31.1 Å². The van der Waals surface area contributed by atoms with Gasteiger partial charge in [0.25, 0.3) is 0 Å². The third-order valence-corrected chi connectivity index (χ3v) is 7.63. The predicted octanol–water partition coefficient (Wildman–Crippen LogP) is 1.17. The molecule has 25 heavy (non-hydrogen) atoms. The summed E-state index contributed by atoms with van der Waals surface area (Å²) in [6, 6.07) is 0. The Morgan fingerprint density at radius 1 is 1.16 bits per heavy atom. The number of Topliss-reactive ketones (excluding diaryl/α,β-unsaturated/α-hetero) is 2. The monoisotopic (exact) mass is 346 g/mol. The summed E-state index contributed by atoms with van der Waals surface area (Å²) in [5, 5.41) is 32.2. The lowest BCUT2D eigenvalue weighted by Crippen LogP contribution is -2.60. The zero-order valence-electron chi connectivity index (χ0n) is 15.0. The van der Waals surface area contributed by atoms with Crippen molar-refractivity contribution in [3.63, 3.8) is 0 Å². The first-order chi connectivity index (χ1) is 11.6. The van der Waals surface area contributed by atoms with Gasteiger partial charge in [-0.2, -0.15) is 0 Å². The largest absolute Gasteiger partial charge is 0.389 e. The van der Waals surface area contributed by atoms with Gasteiger partial charge >= 0.3 is 0 Å². The van der Waals surface area contributed by atoms with Crippen LogP contribution in [-0.2, 0) is 9.59 Å². The van der Waals surface area contributed by atoms with Crippen LogP contribution in [0, 0.1) is 28.6 Å². The molecule has 4 aliphatic carbocycles. The van der Waals surface area contributed by atoms with Crippen molar-refractivity contribution in [2.45, 2.75) is 58.3 Å². The third kappa shape index (κ3) is 1.79. The van der Waals surface area contributed by atoms with Crippen LogP contribution in [0.25, 0.3) is 0 Å². The molecule has 136 valence electrons. The lowest BCUT2D eigenvalue weighted by molar-refractivity contribution is -0.145. The Bertz CT molecular complexity index is 736. The summed E-state index contributed by atoms with van der Waals surface area (Å²) in [5.41, 5.74) is -0.774. The first-order valence-corrected chi connectivity index (χ1v) is 9.15. The number of ketones is 2. The molecule has 4 rings (SSSR count).